The minimum absolute atomic E-state index is 0.121. The van der Waals surface area contributed by atoms with Crippen LogP contribution in [-0.2, 0) is 6.18 Å². The highest BCUT2D eigenvalue weighted by Gasteiger charge is 2.30. The molecule has 0 amide bonds. The topological polar surface area (TPSA) is 62.8 Å². The molecule has 0 aliphatic rings. The number of aromatic nitrogens is 3. The van der Waals surface area contributed by atoms with Crippen molar-refractivity contribution < 1.29 is 17.9 Å². The van der Waals surface area contributed by atoms with Crippen LogP contribution in [0.2, 0.25) is 0 Å². The molecule has 2 aromatic carbocycles. The first-order valence-electron chi connectivity index (χ1n) is 7.99. The molecule has 0 unspecified atom stereocenters. The monoisotopic (exact) mass is 370 g/mol. The molecule has 0 bridgehead atoms. The number of benzene rings is 2. The number of halogens is 3. The summed E-state index contributed by atoms with van der Waals surface area (Å²) in [6.07, 6.45) is -1.18. The van der Waals surface area contributed by atoms with E-state index >= 15 is 0 Å². The van der Waals surface area contributed by atoms with E-state index in [2.05, 4.69) is 20.3 Å². The molecular weight excluding hydrogens is 357 g/mol. The number of fused-ring (bicyclic) bond motifs is 1. The average Bonchev–Trinajstić information content (AvgIpc) is 3.13. The minimum Gasteiger partial charge on any atom is -0.457 e. The highest BCUT2D eigenvalue weighted by Crippen LogP contribution is 2.33. The van der Waals surface area contributed by atoms with Crippen LogP contribution in [0.25, 0.3) is 11.0 Å². The Morgan fingerprint density at radius 2 is 1.74 bits per heavy atom. The van der Waals surface area contributed by atoms with Gasteiger partial charge in [0, 0.05) is 11.9 Å². The second-order valence-corrected chi connectivity index (χ2v) is 5.74. The Balaban J connectivity index is 1.50. The number of ether oxygens (including phenoxy) is 1. The lowest BCUT2D eigenvalue weighted by Crippen LogP contribution is -2.04. The van der Waals surface area contributed by atoms with E-state index in [1.165, 1.54) is 18.5 Å². The Labute approximate surface area is 151 Å². The molecule has 0 radical (unpaired) electrons. The van der Waals surface area contributed by atoms with Crippen LogP contribution in [0.1, 0.15) is 5.56 Å². The summed E-state index contributed by atoms with van der Waals surface area (Å²) in [6.45, 7) is 0. The number of nitrogens with zero attached hydrogens (tertiary/aromatic N) is 2. The van der Waals surface area contributed by atoms with Gasteiger partial charge in [-0.2, -0.15) is 13.2 Å². The minimum atomic E-state index is -4.41. The van der Waals surface area contributed by atoms with Gasteiger partial charge in [-0.1, -0.05) is 6.07 Å². The molecule has 0 saturated heterocycles. The second kappa shape index (κ2) is 6.64. The third-order valence-electron chi connectivity index (χ3n) is 3.87. The number of nitrogens with one attached hydrogen (secondary N) is 2. The van der Waals surface area contributed by atoms with Crippen molar-refractivity contribution in [2.24, 2.45) is 0 Å². The van der Waals surface area contributed by atoms with E-state index in [4.69, 9.17) is 4.74 Å². The van der Waals surface area contributed by atoms with Gasteiger partial charge >= 0.3 is 6.18 Å². The van der Waals surface area contributed by atoms with Gasteiger partial charge in [0.05, 0.1) is 10.9 Å². The third-order valence-corrected chi connectivity index (χ3v) is 3.87. The first-order valence-corrected chi connectivity index (χ1v) is 7.99. The van der Waals surface area contributed by atoms with Crippen LogP contribution in [0.3, 0.4) is 0 Å². The first-order chi connectivity index (χ1) is 13.0. The second-order valence-electron chi connectivity index (χ2n) is 5.74. The molecule has 4 rings (SSSR count). The van der Waals surface area contributed by atoms with Gasteiger partial charge in [0.15, 0.2) is 0 Å². The molecule has 2 N–H and O–H groups in total. The summed E-state index contributed by atoms with van der Waals surface area (Å²) < 4.78 is 43.9. The van der Waals surface area contributed by atoms with Crippen molar-refractivity contribution in [3.8, 4) is 11.5 Å². The third kappa shape index (κ3) is 3.69. The zero-order valence-electron chi connectivity index (χ0n) is 13.8. The number of H-pyrrole nitrogens is 1. The van der Waals surface area contributed by atoms with E-state index in [0.717, 1.165) is 28.9 Å². The fourth-order valence-corrected chi connectivity index (χ4v) is 2.59. The van der Waals surface area contributed by atoms with Gasteiger partial charge in [-0.3, -0.25) is 0 Å². The van der Waals surface area contributed by atoms with Crippen molar-refractivity contribution in [1.82, 2.24) is 15.0 Å². The van der Waals surface area contributed by atoms with Crippen molar-refractivity contribution in [1.29, 1.82) is 0 Å². The lowest BCUT2D eigenvalue weighted by atomic mass is 10.2. The standard InChI is InChI=1S/C19H13F3N4O/c20-19(21,22)12-2-1-3-15(10-12)27-14-6-4-13(5-7-14)26-18-16-8-9-23-17(16)24-11-25-18/h1-11H,(H2,23,24,25,26). The molecule has 5 nitrogen and oxygen atoms in total. The maximum atomic E-state index is 12.8. The molecule has 0 aliphatic carbocycles. The highest BCUT2D eigenvalue weighted by atomic mass is 19.4. The predicted molar refractivity (Wildman–Crippen MR) is 95.1 cm³/mol. The Hall–Kier alpha value is -3.55. The molecule has 4 aromatic rings. The van der Waals surface area contributed by atoms with Crippen LogP contribution >= 0.6 is 0 Å². The summed E-state index contributed by atoms with van der Waals surface area (Å²) in [6, 6.07) is 13.5. The molecule has 0 aliphatic heterocycles. The number of rotatable bonds is 4. The molecule has 0 spiro atoms. The normalized spacial score (nSPS) is 11.5. The van der Waals surface area contributed by atoms with Crippen LogP contribution in [0.5, 0.6) is 11.5 Å². The molecule has 2 aromatic heterocycles. The summed E-state index contributed by atoms with van der Waals surface area (Å²) in [5, 5.41) is 4.03. The zero-order chi connectivity index (χ0) is 18.9. The molecule has 27 heavy (non-hydrogen) atoms. The number of aromatic amines is 1. The SMILES string of the molecule is FC(F)(F)c1cccc(Oc2ccc(Nc3ncnc4[nH]ccc34)cc2)c1. The van der Waals surface area contributed by atoms with Crippen LogP contribution in [0.4, 0.5) is 24.7 Å². The molecular formula is C19H13F3N4O. The zero-order valence-corrected chi connectivity index (χ0v) is 13.8. The summed E-state index contributed by atoms with van der Waals surface area (Å²) in [5.41, 5.74) is 0.724. The van der Waals surface area contributed by atoms with Crippen LogP contribution in [-0.4, -0.2) is 15.0 Å². The first kappa shape index (κ1) is 16.9. The Morgan fingerprint density at radius 3 is 2.52 bits per heavy atom. The summed E-state index contributed by atoms with van der Waals surface area (Å²) in [7, 11) is 0. The summed E-state index contributed by atoms with van der Waals surface area (Å²) >= 11 is 0. The number of hydrogen-bond acceptors (Lipinski definition) is 4. The van der Waals surface area contributed by atoms with Crippen molar-refractivity contribution in [2.45, 2.75) is 6.18 Å². The predicted octanol–water partition coefficient (Wildman–Crippen LogP) is 5.51. The van der Waals surface area contributed by atoms with Gasteiger partial charge in [0.2, 0.25) is 0 Å². The van der Waals surface area contributed by atoms with Gasteiger partial charge in [0.25, 0.3) is 0 Å². The molecule has 0 fully saturated rings. The Bertz CT molecular complexity index is 1070. The maximum absolute atomic E-state index is 12.8. The highest BCUT2D eigenvalue weighted by molar-refractivity contribution is 5.88. The fourth-order valence-electron chi connectivity index (χ4n) is 2.59. The van der Waals surface area contributed by atoms with Gasteiger partial charge < -0.3 is 15.0 Å². The number of hydrogen-bond donors (Lipinski definition) is 2. The molecule has 8 heteroatoms. The number of anilines is 2. The van der Waals surface area contributed by atoms with E-state index in [-0.39, 0.29) is 5.75 Å². The van der Waals surface area contributed by atoms with E-state index in [1.807, 2.05) is 6.07 Å². The van der Waals surface area contributed by atoms with Gasteiger partial charge in [0.1, 0.15) is 29.3 Å². The maximum Gasteiger partial charge on any atom is 0.416 e. The Morgan fingerprint density at radius 1 is 0.926 bits per heavy atom. The largest absolute Gasteiger partial charge is 0.457 e. The lowest BCUT2D eigenvalue weighted by molar-refractivity contribution is -0.137. The van der Waals surface area contributed by atoms with E-state index in [9.17, 15) is 13.2 Å². The summed E-state index contributed by atoms with van der Waals surface area (Å²) in [4.78, 5) is 11.3. The number of alkyl halides is 3. The Kier molecular flexibility index (Phi) is 4.15. The smallest absolute Gasteiger partial charge is 0.416 e. The molecule has 136 valence electrons. The fraction of sp³-hybridized carbons (Fsp3) is 0.0526. The average molecular weight is 370 g/mol. The van der Waals surface area contributed by atoms with Crippen molar-refractivity contribution in [3.63, 3.8) is 0 Å². The van der Waals surface area contributed by atoms with E-state index < -0.39 is 11.7 Å². The molecule has 2 heterocycles. The van der Waals surface area contributed by atoms with E-state index in [1.54, 1.807) is 30.5 Å². The summed E-state index contributed by atoms with van der Waals surface area (Å²) in [5.74, 6) is 1.19. The van der Waals surface area contributed by atoms with Crippen LogP contribution < -0.4 is 10.1 Å². The van der Waals surface area contributed by atoms with Crippen molar-refractivity contribution >= 4 is 22.5 Å². The lowest BCUT2D eigenvalue weighted by Gasteiger charge is -2.11. The van der Waals surface area contributed by atoms with Crippen LogP contribution in [0, 0.1) is 0 Å². The van der Waals surface area contributed by atoms with Crippen molar-refractivity contribution in [2.75, 3.05) is 5.32 Å². The van der Waals surface area contributed by atoms with Crippen LogP contribution in [0.15, 0.2) is 67.1 Å². The van der Waals surface area contributed by atoms with Gasteiger partial charge in [-0.25, -0.2) is 9.97 Å². The molecule has 0 atom stereocenters. The quantitative estimate of drug-likeness (QED) is 0.497. The van der Waals surface area contributed by atoms with Gasteiger partial charge in [-0.15, -0.1) is 0 Å². The van der Waals surface area contributed by atoms with Crippen molar-refractivity contribution in [3.05, 3.63) is 72.7 Å². The van der Waals surface area contributed by atoms with E-state index in [0.29, 0.717) is 11.6 Å². The molecule has 0 saturated carbocycles. The van der Waals surface area contributed by atoms with Gasteiger partial charge in [-0.05, 0) is 48.5 Å².